The number of hydrogen-bond donors (Lipinski definition) is 1. The molecule has 2 heteroatoms. The summed E-state index contributed by atoms with van der Waals surface area (Å²) in [6, 6.07) is 6.43. The second-order valence-electron chi connectivity index (χ2n) is 7.08. The normalized spacial score (nSPS) is 39.6. The summed E-state index contributed by atoms with van der Waals surface area (Å²) in [6.45, 7) is 0. The number of benzene rings is 1. The van der Waals surface area contributed by atoms with E-state index in [-0.39, 0.29) is 0 Å². The van der Waals surface area contributed by atoms with E-state index in [0.29, 0.717) is 5.41 Å². The maximum absolute atomic E-state index is 5.66. The Labute approximate surface area is 121 Å². The van der Waals surface area contributed by atoms with Crippen molar-refractivity contribution in [1.82, 2.24) is 0 Å². The van der Waals surface area contributed by atoms with Gasteiger partial charge in [0.05, 0.1) is 7.11 Å². The fraction of sp³-hybridized carbons (Fsp3) is 0.647. The Balaban J connectivity index is 1.81. The van der Waals surface area contributed by atoms with Crippen LogP contribution in [0.25, 0.3) is 0 Å². The lowest BCUT2D eigenvalue weighted by Gasteiger charge is -2.57. The standard InChI is InChI=1S/C17H22OS/c1-18-16-3-2-14(19)7-15(16)17-8-11-4-12(9-17)6-13(5-11)10-17/h2-3,7,11-13,19H,4-6,8-10H2,1H3. The molecule has 4 bridgehead atoms. The molecule has 0 atom stereocenters. The summed E-state index contributed by atoms with van der Waals surface area (Å²) < 4.78 is 5.66. The van der Waals surface area contributed by atoms with E-state index in [9.17, 15) is 0 Å². The van der Waals surface area contributed by atoms with Crippen LogP contribution in [0, 0.1) is 17.8 Å². The van der Waals surface area contributed by atoms with Crippen LogP contribution in [0.4, 0.5) is 0 Å². The third kappa shape index (κ3) is 1.83. The Morgan fingerprint density at radius 2 is 1.63 bits per heavy atom. The minimum absolute atomic E-state index is 0.402. The quantitative estimate of drug-likeness (QED) is 0.784. The molecule has 0 radical (unpaired) electrons. The van der Waals surface area contributed by atoms with Gasteiger partial charge in [0.1, 0.15) is 5.75 Å². The largest absolute Gasteiger partial charge is 0.496 e. The van der Waals surface area contributed by atoms with E-state index >= 15 is 0 Å². The van der Waals surface area contributed by atoms with Gasteiger partial charge < -0.3 is 4.74 Å². The van der Waals surface area contributed by atoms with Crippen LogP contribution in [0.2, 0.25) is 0 Å². The van der Waals surface area contributed by atoms with Crippen molar-refractivity contribution in [3.8, 4) is 5.75 Å². The van der Waals surface area contributed by atoms with E-state index in [4.69, 9.17) is 4.74 Å². The van der Waals surface area contributed by atoms with Crippen molar-refractivity contribution in [2.75, 3.05) is 7.11 Å². The van der Waals surface area contributed by atoms with Gasteiger partial charge in [-0.1, -0.05) is 0 Å². The molecule has 1 aromatic carbocycles. The van der Waals surface area contributed by atoms with Crippen molar-refractivity contribution in [3.63, 3.8) is 0 Å². The van der Waals surface area contributed by atoms with Gasteiger partial charge in [-0.15, -0.1) is 12.6 Å². The lowest BCUT2D eigenvalue weighted by atomic mass is 9.48. The van der Waals surface area contributed by atoms with Crippen LogP contribution >= 0.6 is 12.6 Å². The SMILES string of the molecule is COc1ccc(S)cc1C12CC3CC(CC(C3)C1)C2. The van der Waals surface area contributed by atoms with Gasteiger partial charge in [-0.25, -0.2) is 0 Å². The average Bonchev–Trinajstić information content (AvgIpc) is 2.37. The highest BCUT2D eigenvalue weighted by Gasteiger charge is 2.52. The summed E-state index contributed by atoms with van der Waals surface area (Å²) in [5, 5.41) is 0. The number of rotatable bonds is 2. The molecule has 5 rings (SSSR count). The van der Waals surface area contributed by atoms with Crippen LogP contribution in [0.5, 0.6) is 5.75 Å². The van der Waals surface area contributed by atoms with E-state index < -0.39 is 0 Å². The second kappa shape index (κ2) is 4.18. The van der Waals surface area contributed by atoms with Crippen molar-refractivity contribution in [2.24, 2.45) is 17.8 Å². The molecule has 1 aromatic rings. The van der Waals surface area contributed by atoms with E-state index in [1.54, 1.807) is 7.11 Å². The molecule has 0 aliphatic heterocycles. The number of ether oxygens (including phenoxy) is 1. The van der Waals surface area contributed by atoms with Crippen LogP contribution in [0.3, 0.4) is 0 Å². The highest BCUT2D eigenvalue weighted by molar-refractivity contribution is 7.80. The van der Waals surface area contributed by atoms with Gasteiger partial charge in [0.25, 0.3) is 0 Å². The molecule has 4 aliphatic carbocycles. The Bertz CT molecular complexity index is 473. The van der Waals surface area contributed by atoms with Gasteiger partial charge in [-0.2, -0.15) is 0 Å². The van der Waals surface area contributed by atoms with Crippen molar-refractivity contribution >= 4 is 12.6 Å². The first kappa shape index (κ1) is 12.1. The highest BCUT2D eigenvalue weighted by atomic mass is 32.1. The third-order valence-electron chi connectivity index (χ3n) is 5.79. The maximum Gasteiger partial charge on any atom is 0.122 e. The summed E-state index contributed by atoms with van der Waals surface area (Å²) in [5.74, 6) is 4.00. The highest BCUT2D eigenvalue weighted by Crippen LogP contribution is 2.61. The van der Waals surface area contributed by atoms with Crippen LogP contribution in [-0.4, -0.2) is 7.11 Å². The Morgan fingerprint density at radius 1 is 1.05 bits per heavy atom. The van der Waals surface area contributed by atoms with E-state index in [0.717, 1.165) is 28.4 Å². The van der Waals surface area contributed by atoms with Crippen LogP contribution in [0.1, 0.15) is 44.1 Å². The summed E-state index contributed by atoms with van der Waals surface area (Å²) in [4.78, 5) is 1.08. The van der Waals surface area contributed by atoms with Crippen molar-refractivity contribution in [1.29, 1.82) is 0 Å². The van der Waals surface area contributed by atoms with Crippen molar-refractivity contribution < 1.29 is 4.74 Å². The first-order valence-electron chi connectivity index (χ1n) is 7.56. The Hall–Kier alpha value is -0.630. The summed E-state index contributed by atoms with van der Waals surface area (Å²) in [6.07, 6.45) is 8.61. The van der Waals surface area contributed by atoms with Crippen molar-refractivity contribution in [3.05, 3.63) is 23.8 Å². The zero-order chi connectivity index (χ0) is 13.0. The molecule has 0 spiro atoms. The third-order valence-corrected chi connectivity index (χ3v) is 6.07. The van der Waals surface area contributed by atoms with Crippen LogP contribution in [-0.2, 0) is 5.41 Å². The number of thiol groups is 1. The molecule has 1 nitrogen and oxygen atoms in total. The van der Waals surface area contributed by atoms with Gasteiger partial charge in [0.15, 0.2) is 0 Å². The number of methoxy groups -OCH3 is 1. The number of hydrogen-bond acceptors (Lipinski definition) is 2. The lowest BCUT2D eigenvalue weighted by molar-refractivity contribution is -0.00625. The second-order valence-corrected chi connectivity index (χ2v) is 7.60. The minimum Gasteiger partial charge on any atom is -0.496 e. The summed E-state index contributed by atoms with van der Waals surface area (Å²) in [7, 11) is 1.80. The van der Waals surface area contributed by atoms with E-state index in [2.05, 4.69) is 24.8 Å². The van der Waals surface area contributed by atoms with Gasteiger partial charge in [0.2, 0.25) is 0 Å². The monoisotopic (exact) mass is 274 g/mol. The van der Waals surface area contributed by atoms with E-state index in [1.807, 2.05) is 6.07 Å². The molecule has 4 aliphatic rings. The Morgan fingerprint density at radius 3 is 2.16 bits per heavy atom. The van der Waals surface area contributed by atoms with Gasteiger partial charge >= 0.3 is 0 Å². The van der Waals surface area contributed by atoms with Crippen molar-refractivity contribution in [2.45, 2.75) is 48.8 Å². The average molecular weight is 274 g/mol. The molecule has 4 saturated carbocycles. The molecule has 102 valence electrons. The topological polar surface area (TPSA) is 9.23 Å². The molecule has 0 saturated heterocycles. The van der Waals surface area contributed by atoms with Gasteiger partial charge in [-0.05, 0) is 79.9 Å². The molecule has 0 aromatic heterocycles. The van der Waals surface area contributed by atoms with Crippen LogP contribution < -0.4 is 4.74 Å². The first-order chi connectivity index (χ1) is 9.18. The zero-order valence-corrected chi connectivity index (χ0v) is 12.5. The Kier molecular flexibility index (Phi) is 2.67. The summed E-state index contributed by atoms with van der Waals surface area (Å²) in [5.41, 5.74) is 1.85. The van der Waals surface area contributed by atoms with E-state index in [1.165, 1.54) is 44.1 Å². The van der Waals surface area contributed by atoms with Crippen LogP contribution in [0.15, 0.2) is 23.1 Å². The molecule has 0 unspecified atom stereocenters. The smallest absolute Gasteiger partial charge is 0.122 e. The lowest BCUT2D eigenvalue weighted by Crippen LogP contribution is -2.48. The minimum atomic E-state index is 0.402. The first-order valence-corrected chi connectivity index (χ1v) is 8.01. The fourth-order valence-electron chi connectivity index (χ4n) is 5.55. The predicted octanol–water partition coefficient (Wildman–Crippen LogP) is 4.45. The zero-order valence-electron chi connectivity index (χ0n) is 11.6. The molecule has 4 fully saturated rings. The molecular formula is C17H22OS. The molecule has 0 N–H and O–H groups in total. The fourth-order valence-corrected chi connectivity index (χ4v) is 5.75. The predicted molar refractivity (Wildman–Crippen MR) is 80.1 cm³/mol. The summed E-state index contributed by atoms with van der Waals surface area (Å²) >= 11 is 4.55. The molecule has 19 heavy (non-hydrogen) atoms. The van der Waals surface area contributed by atoms with Gasteiger partial charge in [-0.3, -0.25) is 0 Å². The van der Waals surface area contributed by atoms with Gasteiger partial charge in [0, 0.05) is 10.5 Å². The molecule has 0 amide bonds. The maximum atomic E-state index is 5.66. The molecular weight excluding hydrogens is 252 g/mol. The molecule has 0 heterocycles.